The van der Waals surface area contributed by atoms with Gasteiger partial charge in [0.25, 0.3) is 0 Å². The minimum atomic E-state index is -1.63. The highest BCUT2D eigenvalue weighted by Gasteiger charge is 2.22. The molecule has 2 nitrogen and oxygen atoms in total. The average Bonchev–Trinajstić information content (AvgIpc) is 2.61. The fraction of sp³-hybridized carbons (Fsp3) is 0.105. The van der Waals surface area contributed by atoms with Gasteiger partial charge in [-0.1, -0.05) is 0 Å². The molecule has 1 aliphatic heterocycles. The van der Waals surface area contributed by atoms with Crippen LogP contribution in [0.2, 0.25) is 0 Å². The lowest BCUT2D eigenvalue weighted by molar-refractivity contribution is -0.114. The van der Waals surface area contributed by atoms with E-state index in [-0.39, 0.29) is 35.5 Å². The van der Waals surface area contributed by atoms with E-state index in [0.717, 1.165) is 12.2 Å². The third-order valence-electron chi connectivity index (χ3n) is 3.79. The third kappa shape index (κ3) is 3.95. The Labute approximate surface area is 149 Å². The molecule has 27 heavy (non-hydrogen) atoms. The standard InChI is InChI=1S/C19H10F6O2/c20-13-3-9(4-14(21)17(13)24)1-11-7-27-8-12(19(11)26)2-10-5-15(22)18(25)16(23)6-10/h1-6H,7-8H2. The van der Waals surface area contributed by atoms with Crippen molar-refractivity contribution in [2.75, 3.05) is 13.2 Å². The molecule has 2 aromatic carbocycles. The Morgan fingerprint density at radius 1 is 0.667 bits per heavy atom. The van der Waals surface area contributed by atoms with Crippen molar-refractivity contribution in [3.05, 3.63) is 81.4 Å². The number of hydrogen-bond donors (Lipinski definition) is 0. The zero-order chi connectivity index (χ0) is 19.7. The van der Waals surface area contributed by atoms with Crippen molar-refractivity contribution < 1.29 is 35.9 Å². The molecule has 1 saturated heterocycles. The Morgan fingerprint density at radius 3 is 1.33 bits per heavy atom. The van der Waals surface area contributed by atoms with Crippen LogP contribution in [-0.2, 0) is 9.53 Å². The van der Waals surface area contributed by atoms with Gasteiger partial charge in [0.2, 0.25) is 0 Å². The second-order valence-electron chi connectivity index (χ2n) is 5.76. The van der Waals surface area contributed by atoms with E-state index in [1.54, 1.807) is 0 Å². The lowest BCUT2D eigenvalue weighted by Gasteiger charge is -2.17. The summed E-state index contributed by atoms with van der Waals surface area (Å²) in [6.07, 6.45) is 2.24. The molecule has 0 aliphatic carbocycles. The van der Waals surface area contributed by atoms with E-state index in [9.17, 15) is 31.1 Å². The lowest BCUT2D eigenvalue weighted by atomic mass is 9.97. The predicted molar refractivity (Wildman–Crippen MR) is 84.4 cm³/mol. The van der Waals surface area contributed by atoms with Gasteiger partial charge in [0.1, 0.15) is 0 Å². The van der Waals surface area contributed by atoms with Crippen molar-refractivity contribution in [2.45, 2.75) is 0 Å². The maximum absolute atomic E-state index is 13.3. The molecule has 2 aromatic rings. The number of carbonyl (C=O) groups is 1. The SMILES string of the molecule is O=C1C(=Cc2cc(F)c(F)c(F)c2)COCC1=Cc1cc(F)c(F)c(F)c1. The number of hydrogen-bond acceptors (Lipinski definition) is 2. The van der Waals surface area contributed by atoms with Crippen molar-refractivity contribution in [3.63, 3.8) is 0 Å². The molecule has 0 unspecified atom stereocenters. The smallest absolute Gasteiger partial charge is 0.194 e. The Balaban J connectivity index is 1.94. The molecule has 8 heteroatoms. The van der Waals surface area contributed by atoms with Crippen LogP contribution in [0.1, 0.15) is 11.1 Å². The van der Waals surface area contributed by atoms with E-state index in [1.165, 1.54) is 0 Å². The monoisotopic (exact) mass is 384 g/mol. The minimum Gasteiger partial charge on any atom is -0.372 e. The van der Waals surface area contributed by atoms with Crippen molar-refractivity contribution >= 4 is 17.9 Å². The molecule has 0 N–H and O–H groups in total. The highest BCUT2D eigenvalue weighted by Crippen LogP contribution is 2.23. The van der Waals surface area contributed by atoms with Gasteiger partial charge in [-0.15, -0.1) is 0 Å². The lowest BCUT2D eigenvalue weighted by Crippen LogP contribution is -2.22. The van der Waals surface area contributed by atoms with Crippen LogP contribution >= 0.6 is 0 Å². The van der Waals surface area contributed by atoms with Gasteiger partial charge in [-0.25, -0.2) is 26.3 Å². The van der Waals surface area contributed by atoms with Gasteiger partial charge in [0.15, 0.2) is 40.7 Å². The van der Waals surface area contributed by atoms with Crippen LogP contribution in [0.5, 0.6) is 0 Å². The van der Waals surface area contributed by atoms with E-state index in [1.807, 2.05) is 0 Å². The van der Waals surface area contributed by atoms with E-state index in [4.69, 9.17) is 4.74 Å². The van der Waals surface area contributed by atoms with E-state index < -0.39 is 40.7 Å². The molecule has 0 amide bonds. The second-order valence-corrected chi connectivity index (χ2v) is 5.76. The molecule has 0 bridgehead atoms. The topological polar surface area (TPSA) is 26.3 Å². The third-order valence-corrected chi connectivity index (χ3v) is 3.79. The van der Waals surface area contributed by atoms with Gasteiger partial charge in [0.05, 0.1) is 13.2 Å². The van der Waals surface area contributed by atoms with Gasteiger partial charge in [-0.2, -0.15) is 0 Å². The van der Waals surface area contributed by atoms with Crippen molar-refractivity contribution in [3.8, 4) is 0 Å². The first-order valence-corrected chi connectivity index (χ1v) is 7.59. The summed E-state index contributed by atoms with van der Waals surface area (Å²) in [6, 6.07) is 2.84. The zero-order valence-electron chi connectivity index (χ0n) is 13.5. The van der Waals surface area contributed by atoms with E-state index in [0.29, 0.717) is 24.3 Å². The number of carbonyl (C=O) groups excluding carboxylic acids is 1. The largest absolute Gasteiger partial charge is 0.372 e. The molecule has 1 aliphatic rings. The summed E-state index contributed by atoms with van der Waals surface area (Å²) in [6.45, 7) is -0.355. The van der Waals surface area contributed by atoms with Crippen molar-refractivity contribution in [2.24, 2.45) is 0 Å². The highest BCUT2D eigenvalue weighted by molar-refractivity contribution is 6.14. The van der Waals surface area contributed by atoms with Crippen LogP contribution in [0, 0.1) is 34.9 Å². The van der Waals surface area contributed by atoms with Gasteiger partial charge in [0, 0.05) is 11.1 Å². The Hall–Kier alpha value is -2.87. The molecule has 0 aromatic heterocycles. The molecular formula is C19H10F6O2. The molecule has 1 fully saturated rings. The quantitative estimate of drug-likeness (QED) is 0.430. The normalized spacial score (nSPS) is 17.8. The Kier molecular flexibility index (Phi) is 5.18. The summed E-state index contributed by atoms with van der Waals surface area (Å²) in [5.41, 5.74) is -0.195. The van der Waals surface area contributed by atoms with Crippen LogP contribution in [0.3, 0.4) is 0 Å². The zero-order valence-corrected chi connectivity index (χ0v) is 13.5. The predicted octanol–water partition coefficient (Wildman–Crippen LogP) is 4.59. The number of halogens is 6. The van der Waals surface area contributed by atoms with E-state index >= 15 is 0 Å². The number of ether oxygens (including phenoxy) is 1. The Morgan fingerprint density at radius 2 is 1.00 bits per heavy atom. The van der Waals surface area contributed by atoms with Gasteiger partial charge in [-0.3, -0.25) is 4.79 Å². The summed E-state index contributed by atoms with van der Waals surface area (Å²) in [4.78, 5) is 12.5. The summed E-state index contributed by atoms with van der Waals surface area (Å²) < 4.78 is 84.4. The fourth-order valence-corrected chi connectivity index (χ4v) is 2.54. The Bertz CT molecular complexity index is 870. The second kappa shape index (κ2) is 7.40. The van der Waals surface area contributed by atoms with Gasteiger partial charge < -0.3 is 4.74 Å². The van der Waals surface area contributed by atoms with Crippen molar-refractivity contribution in [1.82, 2.24) is 0 Å². The first-order valence-electron chi connectivity index (χ1n) is 7.59. The minimum absolute atomic E-state index is 0.000892. The van der Waals surface area contributed by atoms with Crippen molar-refractivity contribution in [1.29, 1.82) is 0 Å². The molecule has 140 valence electrons. The van der Waals surface area contributed by atoms with Crippen LogP contribution in [0.25, 0.3) is 12.2 Å². The molecule has 3 rings (SSSR count). The summed E-state index contributed by atoms with van der Waals surface area (Å²) >= 11 is 0. The number of Topliss-reactive ketones (excluding diaryl/α,β-unsaturated/α-hetero) is 1. The first kappa shape index (κ1) is 18.9. The highest BCUT2D eigenvalue weighted by atomic mass is 19.2. The van der Waals surface area contributed by atoms with Gasteiger partial charge >= 0.3 is 0 Å². The summed E-state index contributed by atoms with van der Waals surface area (Å²) in [5, 5.41) is 0. The van der Waals surface area contributed by atoms with Gasteiger partial charge in [-0.05, 0) is 47.5 Å². The van der Waals surface area contributed by atoms with Crippen LogP contribution in [-0.4, -0.2) is 19.0 Å². The number of benzene rings is 2. The molecule has 0 spiro atoms. The maximum atomic E-state index is 13.3. The number of ketones is 1. The summed E-state index contributed by atoms with van der Waals surface area (Å²) in [7, 11) is 0. The fourth-order valence-electron chi connectivity index (χ4n) is 2.54. The molecule has 0 saturated carbocycles. The maximum Gasteiger partial charge on any atom is 0.194 e. The van der Waals surface area contributed by atoms with Crippen LogP contribution in [0.15, 0.2) is 35.4 Å². The molecular weight excluding hydrogens is 374 g/mol. The first-order chi connectivity index (χ1) is 12.8. The average molecular weight is 384 g/mol. The van der Waals surface area contributed by atoms with E-state index in [2.05, 4.69) is 0 Å². The van der Waals surface area contributed by atoms with Crippen LogP contribution < -0.4 is 0 Å². The number of rotatable bonds is 2. The summed E-state index contributed by atoms with van der Waals surface area (Å²) in [5.74, 6) is -9.53. The molecule has 0 atom stereocenters. The van der Waals surface area contributed by atoms with Crippen LogP contribution in [0.4, 0.5) is 26.3 Å². The molecule has 1 heterocycles. The molecule has 0 radical (unpaired) electrons.